The zero-order chi connectivity index (χ0) is 15.7. The van der Waals surface area contributed by atoms with Gasteiger partial charge in [0, 0.05) is 18.4 Å². The normalized spacial score (nSPS) is 12.2. The maximum atomic E-state index is 11.6. The summed E-state index contributed by atoms with van der Waals surface area (Å²) < 4.78 is 22.7. The molecule has 1 aromatic rings. The summed E-state index contributed by atoms with van der Waals surface area (Å²) in [5.74, 6) is 0.379. The number of nitrogens with one attached hydrogen (secondary N) is 1. The highest BCUT2D eigenvalue weighted by atomic mass is 79.9. The fourth-order valence-corrected chi connectivity index (χ4v) is 2.08. The quantitative estimate of drug-likeness (QED) is 0.634. The van der Waals surface area contributed by atoms with Crippen molar-refractivity contribution in [2.45, 2.75) is 25.5 Å². The summed E-state index contributed by atoms with van der Waals surface area (Å²) in [4.78, 5) is 14.2. The molecule has 0 radical (unpaired) electrons. The van der Waals surface area contributed by atoms with E-state index < -0.39 is 19.5 Å². The maximum Gasteiger partial charge on any atom is 0.291 e. The van der Waals surface area contributed by atoms with Crippen LogP contribution in [0.3, 0.4) is 0 Å². The van der Waals surface area contributed by atoms with Gasteiger partial charge in [-0.3, -0.25) is 10.1 Å². The SMILES string of the molecule is Cc1c([N+](=O)[O-])cnc(NCC(C)(C)S(C)(=O)=O)c1Br. The van der Waals surface area contributed by atoms with E-state index in [1.807, 2.05) is 0 Å². The van der Waals surface area contributed by atoms with E-state index in [1.165, 1.54) is 0 Å². The molecule has 9 heteroatoms. The molecule has 0 aliphatic heterocycles. The minimum absolute atomic E-state index is 0.0928. The molecule has 112 valence electrons. The molecule has 20 heavy (non-hydrogen) atoms. The van der Waals surface area contributed by atoms with Crippen LogP contribution in [0.1, 0.15) is 19.4 Å². The Labute approximate surface area is 126 Å². The molecule has 0 atom stereocenters. The lowest BCUT2D eigenvalue weighted by atomic mass is 10.2. The standard InChI is InChI=1S/C11H16BrN3O4S/c1-7-8(15(16)17)5-13-10(9(7)12)14-6-11(2,3)20(4,18)19/h5H,6H2,1-4H3,(H,13,14). The van der Waals surface area contributed by atoms with E-state index in [1.54, 1.807) is 20.8 Å². The Balaban J connectivity index is 3.02. The first-order valence-corrected chi connectivity index (χ1v) is 8.39. The van der Waals surface area contributed by atoms with Crippen LogP contribution in [0.2, 0.25) is 0 Å². The summed E-state index contributed by atoms with van der Waals surface area (Å²) >= 11 is 3.24. The molecule has 0 aromatic carbocycles. The van der Waals surface area contributed by atoms with Gasteiger partial charge in [-0.25, -0.2) is 13.4 Å². The molecule has 0 spiro atoms. The summed E-state index contributed by atoms with van der Waals surface area (Å²) in [6, 6.07) is 0. The van der Waals surface area contributed by atoms with Crippen molar-refractivity contribution in [3.8, 4) is 0 Å². The van der Waals surface area contributed by atoms with E-state index >= 15 is 0 Å². The first kappa shape index (κ1) is 16.8. The summed E-state index contributed by atoms with van der Waals surface area (Å²) in [5, 5.41) is 13.7. The number of rotatable bonds is 5. The number of pyridine rings is 1. The highest BCUT2D eigenvalue weighted by Gasteiger charge is 2.30. The van der Waals surface area contributed by atoms with Gasteiger partial charge in [-0.1, -0.05) is 0 Å². The highest BCUT2D eigenvalue weighted by molar-refractivity contribution is 9.10. The Morgan fingerprint density at radius 3 is 2.50 bits per heavy atom. The van der Waals surface area contributed by atoms with Crippen molar-refractivity contribution in [3.05, 3.63) is 26.3 Å². The predicted octanol–water partition coefficient (Wildman–Crippen LogP) is 2.30. The number of aromatic nitrogens is 1. The molecule has 1 rings (SSSR count). The Hall–Kier alpha value is -1.22. The van der Waals surface area contributed by atoms with Crippen LogP contribution >= 0.6 is 15.9 Å². The Kier molecular flexibility index (Phi) is 4.75. The Morgan fingerprint density at radius 2 is 2.05 bits per heavy atom. The van der Waals surface area contributed by atoms with Crippen molar-refractivity contribution in [2.24, 2.45) is 0 Å². The van der Waals surface area contributed by atoms with Gasteiger partial charge in [0.1, 0.15) is 12.0 Å². The molecule has 1 N–H and O–H groups in total. The van der Waals surface area contributed by atoms with Crippen LogP contribution in [0.15, 0.2) is 10.7 Å². The van der Waals surface area contributed by atoms with Gasteiger partial charge in [-0.05, 0) is 36.7 Å². The lowest BCUT2D eigenvalue weighted by molar-refractivity contribution is -0.385. The zero-order valence-corrected chi connectivity index (χ0v) is 14.0. The first-order chi connectivity index (χ1) is 8.97. The summed E-state index contributed by atoms with van der Waals surface area (Å²) in [6.07, 6.45) is 2.31. The van der Waals surface area contributed by atoms with Gasteiger partial charge in [-0.2, -0.15) is 0 Å². The second-order valence-corrected chi connectivity index (χ2v) is 8.52. The van der Waals surface area contributed by atoms with E-state index in [4.69, 9.17) is 0 Å². The minimum Gasteiger partial charge on any atom is -0.368 e. The molecule has 0 bridgehead atoms. The number of sulfone groups is 1. The molecule has 0 saturated carbocycles. The molecule has 7 nitrogen and oxygen atoms in total. The topological polar surface area (TPSA) is 102 Å². The maximum absolute atomic E-state index is 11.6. The molecular weight excluding hydrogens is 350 g/mol. The molecule has 0 unspecified atom stereocenters. The van der Waals surface area contributed by atoms with Gasteiger partial charge in [0.15, 0.2) is 9.84 Å². The fourth-order valence-electron chi connectivity index (χ4n) is 1.30. The number of anilines is 1. The van der Waals surface area contributed by atoms with Crippen LogP contribution in [0.25, 0.3) is 0 Å². The molecule has 0 fully saturated rings. The Morgan fingerprint density at radius 1 is 1.50 bits per heavy atom. The third kappa shape index (κ3) is 3.45. The number of hydrogen-bond donors (Lipinski definition) is 1. The fraction of sp³-hybridized carbons (Fsp3) is 0.545. The van der Waals surface area contributed by atoms with E-state index in [-0.39, 0.29) is 12.2 Å². The van der Waals surface area contributed by atoms with E-state index in [0.29, 0.717) is 15.9 Å². The van der Waals surface area contributed by atoms with Gasteiger partial charge in [-0.15, -0.1) is 0 Å². The average Bonchev–Trinajstić information content (AvgIpc) is 2.29. The van der Waals surface area contributed by atoms with E-state index in [9.17, 15) is 18.5 Å². The number of halogens is 1. The summed E-state index contributed by atoms with van der Waals surface area (Å²) in [7, 11) is -3.23. The second kappa shape index (κ2) is 5.65. The highest BCUT2D eigenvalue weighted by Crippen LogP contribution is 2.31. The van der Waals surface area contributed by atoms with Crippen molar-refractivity contribution in [1.29, 1.82) is 0 Å². The van der Waals surface area contributed by atoms with Gasteiger partial charge < -0.3 is 5.32 Å². The third-order valence-electron chi connectivity index (χ3n) is 3.12. The van der Waals surface area contributed by atoms with Crippen LogP contribution in [0.5, 0.6) is 0 Å². The molecule has 0 saturated heterocycles. The molecular formula is C11H16BrN3O4S. The Bertz CT molecular complexity index is 643. The van der Waals surface area contributed by atoms with Gasteiger partial charge >= 0.3 is 0 Å². The number of hydrogen-bond acceptors (Lipinski definition) is 6. The second-order valence-electron chi connectivity index (χ2n) is 5.07. The van der Waals surface area contributed by atoms with Gasteiger partial charge in [0.05, 0.1) is 14.1 Å². The molecule has 0 aliphatic rings. The third-order valence-corrected chi connectivity index (χ3v) is 6.24. The van der Waals surface area contributed by atoms with Crippen molar-refractivity contribution in [1.82, 2.24) is 4.98 Å². The van der Waals surface area contributed by atoms with Crippen molar-refractivity contribution in [2.75, 3.05) is 18.1 Å². The molecule has 0 amide bonds. The molecule has 1 aromatic heterocycles. The summed E-state index contributed by atoms with van der Waals surface area (Å²) in [6.45, 7) is 4.94. The van der Waals surface area contributed by atoms with Crippen LogP contribution < -0.4 is 5.32 Å². The zero-order valence-electron chi connectivity index (χ0n) is 11.6. The molecule has 1 heterocycles. The molecule has 0 aliphatic carbocycles. The smallest absolute Gasteiger partial charge is 0.291 e. The lowest BCUT2D eigenvalue weighted by Gasteiger charge is -2.23. The van der Waals surface area contributed by atoms with Crippen LogP contribution in [0.4, 0.5) is 11.5 Å². The number of nitrogens with zero attached hydrogens (tertiary/aromatic N) is 2. The van der Waals surface area contributed by atoms with Gasteiger partial charge in [0.25, 0.3) is 5.69 Å². The number of nitro groups is 1. The van der Waals surface area contributed by atoms with Crippen molar-refractivity contribution < 1.29 is 13.3 Å². The van der Waals surface area contributed by atoms with Crippen LogP contribution in [-0.2, 0) is 9.84 Å². The largest absolute Gasteiger partial charge is 0.368 e. The van der Waals surface area contributed by atoms with Crippen molar-refractivity contribution in [3.63, 3.8) is 0 Å². The van der Waals surface area contributed by atoms with Gasteiger partial charge in [0.2, 0.25) is 0 Å². The first-order valence-electron chi connectivity index (χ1n) is 5.70. The minimum atomic E-state index is -3.23. The summed E-state index contributed by atoms with van der Waals surface area (Å²) in [5.41, 5.74) is 0.342. The lowest BCUT2D eigenvalue weighted by Crippen LogP contribution is -2.38. The van der Waals surface area contributed by atoms with Crippen LogP contribution in [-0.4, -0.2) is 35.9 Å². The van der Waals surface area contributed by atoms with Crippen molar-refractivity contribution >= 4 is 37.3 Å². The van der Waals surface area contributed by atoms with E-state index in [2.05, 4.69) is 26.2 Å². The monoisotopic (exact) mass is 365 g/mol. The van der Waals surface area contributed by atoms with E-state index in [0.717, 1.165) is 12.5 Å². The van der Waals surface area contributed by atoms with Crippen LogP contribution in [0, 0.1) is 17.0 Å². The predicted molar refractivity (Wildman–Crippen MR) is 80.7 cm³/mol. The average molecular weight is 366 g/mol.